The Labute approximate surface area is 127 Å². The maximum Gasteiger partial charge on any atom is 0.255 e. The van der Waals surface area contributed by atoms with E-state index in [1.54, 1.807) is 0 Å². The van der Waals surface area contributed by atoms with Gasteiger partial charge < -0.3 is 14.7 Å². The molecule has 0 saturated carbocycles. The second kappa shape index (κ2) is 7.20. The predicted molar refractivity (Wildman–Crippen MR) is 80.8 cm³/mol. The predicted octanol–water partition coefficient (Wildman–Crippen LogP) is 2.37. The topological polar surface area (TPSA) is 49.8 Å². The number of piperidine rings is 1. The molecule has 1 aromatic carbocycles. The first kappa shape index (κ1) is 15.5. The minimum Gasteiger partial charge on any atom is -0.394 e. The van der Waals surface area contributed by atoms with Crippen LogP contribution < -0.4 is 0 Å². The lowest BCUT2D eigenvalue weighted by molar-refractivity contribution is -0.00556. The molecular weight excluding hydrogens is 322 g/mol. The third-order valence-corrected chi connectivity index (χ3v) is 4.22. The van der Waals surface area contributed by atoms with Gasteiger partial charge in [-0.3, -0.25) is 4.79 Å². The highest BCUT2D eigenvalue weighted by atomic mass is 79.9. The van der Waals surface area contributed by atoms with E-state index in [0.29, 0.717) is 19.7 Å². The summed E-state index contributed by atoms with van der Waals surface area (Å²) in [5.41, 5.74) is 1.80. The van der Waals surface area contributed by atoms with Crippen molar-refractivity contribution in [2.45, 2.75) is 25.9 Å². The highest BCUT2D eigenvalue weighted by molar-refractivity contribution is 9.10. The average Bonchev–Trinajstić information content (AvgIpc) is 2.47. The molecule has 1 amide bonds. The summed E-state index contributed by atoms with van der Waals surface area (Å²) in [6.45, 7) is 3.82. The van der Waals surface area contributed by atoms with Gasteiger partial charge in [0.15, 0.2) is 0 Å². The highest BCUT2D eigenvalue weighted by Crippen LogP contribution is 2.22. The second-order valence-electron chi connectivity index (χ2n) is 5.07. The number of hydrogen-bond acceptors (Lipinski definition) is 3. The number of amides is 1. The smallest absolute Gasteiger partial charge is 0.255 e. The Hall–Kier alpha value is -0.910. The zero-order valence-corrected chi connectivity index (χ0v) is 13.2. The Balaban J connectivity index is 1.96. The molecule has 1 aliphatic rings. The monoisotopic (exact) mass is 341 g/mol. The number of likely N-dealkylation sites (tertiary alicyclic amines) is 1. The molecule has 0 radical (unpaired) electrons. The van der Waals surface area contributed by atoms with Gasteiger partial charge in [-0.2, -0.15) is 0 Å². The average molecular weight is 342 g/mol. The number of aliphatic hydroxyl groups is 1. The van der Waals surface area contributed by atoms with Crippen molar-refractivity contribution in [2.75, 3.05) is 26.3 Å². The van der Waals surface area contributed by atoms with Gasteiger partial charge in [0.25, 0.3) is 5.91 Å². The fourth-order valence-corrected chi connectivity index (χ4v) is 2.83. The molecule has 110 valence electrons. The number of aliphatic hydroxyl groups excluding tert-OH is 1. The number of carbonyl (C=O) groups excluding carboxylic acids is 1. The lowest BCUT2D eigenvalue weighted by Gasteiger charge is -2.32. The number of halogens is 1. The Morgan fingerprint density at radius 1 is 1.45 bits per heavy atom. The van der Waals surface area contributed by atoms with E-state index in [0.717, 1.165) is 28.4 Å². The van der Waals surface area contributed by atoms with Crippen LogP contribution >= 0.6 is 15.9 Å². The van der Waals surface area contributed by atoms with Crippen LogP contribution in [0.3, 0.4) is 0 Å². The molecule has 0 spiro atoms. The van der Waals surface area contributed by atoms with Crippen molar-refractivity contribution in [3.8, 4) is 0 Å². The van der Waals surface area contributed by atoms with Crippen LogP contribution in [0.15, 0.2) is 22.7 Å². The largest absolute Gasteiger partial charge is 0.394 e. The molecule has 2 rings (SSSR count). The van der Waals surface area contributed by atoms with Crippen LogP contribution in [0.2, 0.25) is 0 Å². The molecule has 1 aliphatic heterocycles. The molecule has 1 heterocycles. The van der Waals surface area contributed by atoms with Gasteiger partial charge in [-0.25, -0.2) is 0 Å². The summed E-state index contributed by atoms with van der Waals surface area (Å²) in [6, 6.07) is 5.82. The standard InChI is InChI=1S/C15H20BrNO3/c1-11-2-3-14(16)13(10-11)15(19)17-6-4-12(5-7-17)20-9-8-18/h2-3,10,12,18H,4-9H2,1H3. The van der Waals surface area contributed by atoms with Gasteiger partial charge >= 0.3 is 0 Å². The van der Waals surface area contributed by atoms with Gasteiger partial charge in [0, 0.05) is 17.6 Å². The summed E-state index contributed by atoms with van der Waals surface area (Å²) in [7, 11) is 0. The molecule has 0 aromatic heterocycles. The van der Waals surface area contributed by atoms with Crippen molar-refractivity contribution >= 4 is 21.8 Å². The molecular formula is C15H20BrNO3. The van der Waals surface area contributed by atoms with Gasteiger partial charge in [-0.15, -0.1) is 0 Å². The normalized spacial score (nSPS) is 16.4. The van der Waals surface area contributed by atoms with E-state index in [9.17, 15) is 4.79 Å². The van der Waals surface area contributed by atoms with Gasteiger partial charge in [-0.1, -0.05) is 11.6 Å². The highest BCUT2D eigenvalue weighted by Gasteiger charge is 2.25. The van der Waals surface area contributed by atoms with Crippen molar-refractivity contribution in [1.29, 1.82) is 0 Å². The first-order valence-electron chi connectivity index (χ1n) is 6.89. The van der Waals surface area contributed by atoms with E-state index in [-0.39, 0.29) is 18.6 Å². The summed E-state index contributed by atoms with van der Waals surface area (Å²) >= 11 is 3.44. The molecule has 0 atom stereocenters. The molecule has 1 N–H and O–H groups in total. The summed E-state index contributed by atoms with van der Waals surface area (Å²) in [5, 5.41) is 8.75. The van der Waals surface area contributed by atoms with Gasteiger partial charge in [-0.05, 0) is 47.8 Å². The van der Waals surface area contributed by atoms with Crippen LogP contribution in [0.1, 0.15) is 28.8 Å². The number of nitrogens with zero attached hydrogens (tertiary/aromatic N) is 1. The summed E-state index contributed by atoms with van der Waals surface area (Å²) < 4.78 is 6.35. The number of hydrogen-bond donors (Lipinski definition) is 1. The third-order valence-electron chi connectivity index (χ3n) is 3.53. The van der Waals surface area contributed by atoms with Crippen molar-refractivity contribution in [3.63, 3.8) is 0 Å². The quantitative estimate of drug-likeness (QED) is 0.914. The summed E-state index contributed by atoms with van der Waals surface area (Å²) in [4.78, 5) is 14.4. The molecule has 1 saturated heterocycles. The second-order valence-corrected chi connectivity index (χ2v) is 5.92. The molecule has 5 heteroatoms. The van der Waals surface area contributed by atoms with Crippen LogP contribution in [-0.2, 0) is 4.74 Å². The SMILES string of the molecule is Cc1ccc(Br)c(C(=O)N2CCC(OCCO)CC2)c1. The Bertz CT molecular complexity index is 470. The number of ether oxygens (including phenoxy) is 1. The molecule has 1 fully saturated rings. The fraction of sp³-hybridized carbons (Fsp3) is 0.533. The Morgan fingerprint density at radius 3 is 2.80 bits per heavy atom. The van der Waals surface area contributed by atoms with E-state index in [1.807, 2.05) is 30.0 Å². The molecule has 0 bridgehead atoms. The number of benzene rings is 1. The van der Waals surface area contributed by atoms with E-state index in [2.05, 4.69) is 15.9 Å². The maximum absolute atomic E-state index is 12.5. The van der Waals surface area contributed by atoms with Crippen LogP contribution in [0.4, 0.5) is 0 Å². The number of rotatable bonds is 4. The van der Waals surface area contributed by atoms with E-state index < -0.39 is 0 Å². The Morgan fingerprint density at radius 2 is 2.15 bits per heavy atom. The molecule has 20 heavy (non-hydrogen) atoms. The van der Waals surface area contributed by atoms with Crippen molar-refractivity contribution < 1.29 is 14.6 Å². The maximum atomic E-state index is 12.5. The van der Waals surface area contributed by atoms with Gasteiger partial charge in [0.1, 0.15) is 0 Å². The lowest BCUT2D eigenvalue weighted by atomic mass is 10.1. The van der Waals surface area contributed by atoms with Crippen molar-refractivity contribution in [2.24, 2.45) is 0 Å². The van der Waals surface area contributed by atoms with Gasteiger partial charge in [0.05, 0.1) is 24.9 Å². The van der Waals surface area contributed by atoms with Crippen LogP contribution in [0.25, 0.3) is 0 Å². The van der Waals surface area contributed by atoms with Crippen molar-refractivity contribution in [1.82, 2.24) is 4.90 Å². The van der Waals surface area contributed by atoms with Gasteiger partial charge in [0.2, 0.25) is 0 Å². The summed E-state index contributed by atoms with van der Waals surface area (Å²) in [5.74, 6) is 0.0705. The first-order chi connectivity index (χ1) is 9.61. The minimum atomic E-state index is 0.0510. The van der Waals surface area contributed by atoms with E-state index in [4.69, 9.17) is 9.84 Å². The Kier molecular flexibility index (Phi) is 5.57. The van der Waals surface area contributed by atoms with Crippen LogP contribution in [0.5, 0.6) is 0 Å². The summed E-state index contributed by atoms with van der Waals surface area (Å²) in [6.07, 6.45) is 1.82. The zero-order valence-electron chi connectivity index (χ0n) is 11.6. The first-order valence-corrected chi connectivity index (χ1v) is 7.69. The molecule has 0 aliphatic carbocycles. The van der Waals surface area contributed by atoms with Crippen LogP contribution in [-0.4, -0.2) is 48.3 Å². The number of aryl methyl sites for hydroxylation is 1. The number of carbonyl (C=O) groups is 1. The van der Waals surface area contributed by atoms with E-state index in [1.165, 1.54) is 0 Å². The van der Waals surface area contributed by atoms with Crippen molar-refractivity contribution in [3.05, 3.63) is 33.8 Å². The third kappa shape index (κ3) is 3.81. The molecule has 1 aromatic rings. The van der Waals surface area contributed by atoms with E-state index >= 15 is 0 Å². The van der Waals surface area contributed by atoms with Crippen LogP contribution in [0, 0.1) is 6.92 Å². The zero-order chi connectivity index (χ0) is 14.5. The molecule has 0 unspecified atom stereocenters. The molecule has 4 nitrogen and oxygen atoms in total. The lowest BCUT2D eigenvalue weighted by Crippen LogP contribution is -2.41. The minimum absolute atomic E-state index is 0.0510. The fourth-order valence-electron chi connectivity index (χ4n) is 2.42.